The molecule has 0 aliphatic carbocycles. The lowest BCUT2D eigenvalue weighted by atomic mass is 10.3. The van der Waals surface area contributed by atoms with Gasteiger partial charge in [-0.1, -0.05) is 12.1 Å². The minimum absolute atomic E-state index is 0.0762. The molecule has 6 nitrogen and oxygen atoms in total. The molecular weight excluding hydrogens is 406 g/mol. The van der Waals surface area contributed by atoms with E-state index in [1.807, 2.05) is 0 Å². The molecule has 0 aliphatic heterocycles. The molecule has 0 radical (unpaired) electrons. The molecule has 2 heterocycles. The van der Waals surface area contributed by atoms with E-state index in [9.17, 15) is 31.1 Å². The summed E-state index contributed by atoms with van der Waals surface area (Å²) in [5, 5.41) is 2.33. The van der Waals surface area contributed by atoms with Crippen molar-refractivity contribution in [2.24, 2.45) is 0 Å². The summed E-state index contributed by atoms with van der Waals surface area (Å²) in [5.74, 6) is -2.34. The Bertz CT molecular complexity index is 1010. The van der Waals surface area contributed by atoms with Crippen LogP contribution in [0.25, 0.3) is 11.0 Å². The molecule has 2 aromatic heterocycles. The number of fused-ring (bicyclic) bond motifs is 1. The van der Waals surface area contributed by atoms with Gasteiger partial charge >= 0.3 is 12.4 Å². The molecule has 0 spiro atoms. The molecule has 1 N–H and O–H groups in total. The summed E-state index contributed by atoms with van der Waals surface area (Å²) in [5.41, 5.74) is 0.289. The summed E-state index contributed by atoms with van der Waals surface area (Å²) in [4.78, 5) is 19.3. The van der Waals surface area contributed by atoms with Crippen LogP contribution in [0.15, 0.2) is 42.6 Å². The molecule has 3 aromatic rings. The van der Waals surface area contributed by atoms with Gasteiger partial charge in [-0.3, -0.25) is 4.79 Å². The summed E-state index contributed by atoms with van der Waals surface area (Å²) in [6.07, 6.45) is -8.27. The smallest absolute Gasteiger partial charge is 0.449 e. The van der Waals surface area contributed by atoms with Gasteiger partial charge in [-0.2, -0.15) is 26.3 Å². The Balaban J connectivity index is 1.73. The average Bonchev–Trinajstić information content (AvgIpc) is 2.99. The zero-order valence-electron chi connectivity index (χ0n) is 14.4. The first kappa shape index (κ1) is 20.4. The number of ether oxygens (including phenoxy) is 1. The number of benzene rings is 1. The van der Waals surface area contributed by atoms with E-state index < -0.39 is 37.2 Å². The van der Waals surface area contributed by atoms with Crippen LogP contribution >= 0.6 is 0 Å². The van der Waals surface area contributed by atoms with Crippen LogP contribution in [-0.2, 0) is 17.5 Å². The lowest BCUT2D eigenvalue weighted by Gasteiger charge is -2.12. The standard InChI is InChI=1S/C17H12F6N4O2/c18-16(19,20)9-29-14-6-5-10(7-24-14)25-13(28)8-27-12-4-2-1-3-11(12)26-15(27)17(21,22)23/h1-7H,8-9H2,(H,25,28). The van der Waals surface area contributed by atoms with Gasteiger partial charge in [-0.05, 0) is 18.2 Å². The molecule has 0 aliphatic rings. The topological polar surface area (TPSA) is 69.0 Å². The van der Waals surface area contributed by atoms with Gasteiger partial charge in [0, 0.05) is 6.07 Å². The molecule has 0 bridgehead atoms. The van der Waals surface area contributed by atoms with Gasteiger partial charge in [0.15, 0.2) is 6.61 Å². The Kier molecular flexibility index (Phi) is 5.36. The fraction of sp³-hybridized carbons (Fsp3) is 0.235. The number of halogens is 6. The van der Waals surface area contributed by atoms with E-state index in [2.05, 4.69) is 20.0 Å². The molecule has 0 fully saturated rings. The van der Waals surface area contributed by atoms with E-state index >= 15 is 0 Å². The number of amides is 1. The molecular formula is C17H12F6N4O2. The van der Waals surface area contributed by atoms with E-state index in [1.54, 1.807) is 0 Å². The van der Waals surface area contributed by atoms with Crippen molar-refractivity contribution in [2.45, 2.75) is 18.9 Å². The third-order valence-electron chi connectivity index (χ3n) is 3.61. The number of para-hydroxylation sites is 2. The molecule has 0 saturated heterocycles. The van der Waals surface area contributed by atoms with Crippen molar-refractivity contribution in [3.05, 3.63) is 48.4 Å². The molecule has 0 saturated carbocycles. The highest BCUT2D eigenvalue weighted by Crippen LogP contribution is 2.31. The fourth-order valence-corrected chi connectivity index (χ4v) is 2.49. The first-order valence-corrected chi connectivity index (χ1v) is 8.01. The van der Waals surface area contributed by atoms with Crippen molar-refractivity contribution in [3.8, 4) is 5.88 Å². The van der Waals surface area contributed by atoms with Crippen molar-refractivity contribution >= 4 is 22.6 Å². The number of nitrogens with one attached hydrogen (secondary N) is 1. The monoisotopic (exact) mass is 418 g/mol. The summed E-state index contributed by atoms with van der Waals surface area (Å²) in [6.45, 7) is -2.21. The van der Waals surface area contributed by atoms with Crippen LogP contribution in [0.1, 0.15) is 5.82 Å². The fourth-order valence-electron chi connectivity index (χ4n) is 2.49. The van der Waals surface area contributed by atoms with Gasteiger partial charge in [-0.25, -0.2) is 9.97 Å². The molecule has 0 atom stereocenters. The maximum Gasteiger partial charge on any atom is 0.449 e. The van der Waals surface area contributed by atoms with Gasteiger partial charge < -0.3 is 14.6 Å². The van der Waals surface area contributed by atoms with E-state index in [1.165, 1.54) is 30.3 Å². The van der Waals surface area contributed by atoms with Gasteiger partial charge in [0.1, 0.15) is 6.54 Å². The predicted molar refractivity (Wildman–Crippen MR) is 89.2 cm³/mol. The van der Waals surface area contributed by atoms with Crippen molar-refractivity contribution in [1.82, 2.24) is 14.5 Å². The van der Waals surface area contributed by atoms with Crippen molar-refractivity contribution in [3.63, 3.8) is 0 Å². The zero-order chi connectivity index (χ0) is 21.2. The number of hydrogen-bond acceptors (Lipinski definition) is 4. The Morgan fingerprint density at radius 3 is 2.41 bits per heavy atom. The third-order valence-corrected chi connectivity index (χ3v) is 3.61. The van der Waals surface area contributed by atoms with Crippen LogP contribution in [0, 0.1) is 0 Å². The first-order chi connectivity index (χ1) is 13.5. The average molecular weight is 418 g/mol. The summed E-state index contributed by atoms with van der Waals surface area (Å²) >= 11 is 0. The number of hydrogen-bond donors (Lipinski definition) is 1. The maximum atomic E-state index is 13.2. The molecule has 154 valence electrons. The highest BCUT2D eigenvalue weighted by molar-refractivity contribution is 5.91. The van der Waals surface area contributed by atoms with Crippen molar-refractivity contribution in [2.75, 3.05) is 11.9 Å². The van der Waals surface area contributed by atoms with Gasteiger partial charge in [0.2, 0.25) is 17.6 Å². The summed E-state index contributed by atoms with van der Waals surface area (Å²) < 4.78 is 81.2. The number of nitrogens with zero attached hydrogens (tertiary/aromatic N) is 3. The summed E-state index contributed by atoms with van der Waals surface area (Å²) in [6, 6.07) is 8.14. The van der Waals surface area contributed by atoms with Crippen LogP contribution in [-0.4, -0.2) is 33.2 Å². The van der Waals surface area contributed by atoms with Gasteiger partial charge in [0.05, 0.1) is 22.9 Å². The Hall–Kier alpha value is -3.31. The van der Waals surface area contributed by atoms with Crippen LogP contribution in [0.2, 0.25) is 0 Å². The quantitative estimate of drug-likeness (QED) is 0.636. The lowest BCUT2D eigenvalue weighted by molar-refractivity contribution is -0.154. The molecule has 3 rings (SSSR count). The normalized spacial score (nSPS) is 12.2. The number of anilines is 1. The first-order valence-electron chi connectivity index (χ1n) is 8.01. The number of imidazole rings is 1. The number of carbonyl (C=O) groups excluding carboxylic acids is 1. The van der Waals surface area contributed by atoms with E-state index in [-0.39, 0.29) is 22.6 Å². The zero-order valence-corrected chi connectivity index (χ0v) is 14.4. The second-order valence-corrected chi connectivity index (χ2v) is 5.85. The maximum absolute atomic E-state index is 13.2. The third kappa shape index (κ3) is 5.15. The Morgan fingerprint density at radius 2 is 1.79 bits per heavy atom. The highest BCUT2D eigenvalue weighted by atomic mass is 19.4. The molecule has 1 amide bonds. The Morgan fingerprint density at radius 1 is 1.07 bits per heavy atom. The number of carbonyl (C=O) groups is 1. The van der Waals surface area contributed by atoms with Crippen molar-refractivity contribution < 1.29 is 35.9 Å². The minimum atomic E-state index is -4.77. The Labute approximate surface area is 159 Å². The largest absolute Gasteiger partial charge is 0.468 e. The molecule has 0 unspecified atom stereocenters. The van der Waals surface area contributed by atoms with E-state index in [0.717, 1.165) is 16.8 Å². The van der Waals surface area contributed by atoms with Crippen LogP contribution in [0.5, 0.6) is 5.88 Å². The highest BCUT2D eigenvalue weighted by Gasteiger charge is 2.38. The molecule has 1 aromatic carbocycles. The van der Waals surface area contributed by atoms with Crippen LogP contribution < -0.4 is 10.1 Å². The summed E-state index contributed by atoms with van der Waals surface area (Å²) in [7, 11) is 0. The minimum Gasteiger partial charge on any atom is -0.468 e. The number of pyridine rings is 1. The lowest BCUT2D eigenvalue weighted by Crippen LogP contribution is -2.23. The number of alkyl halides is 6. The van der Waals surface area contributed by atoms with Crippen molar-refractivity contribution in [1.29, 1.82) is 0 Å². The van der Waals surface area contributed by atoms with Crippen LogP contribution in [0.4, 0.5) is 32.0 Å². The number of aromatic nitrogens is 3. The van der Waals surface area contributed by atoms with Crippen LogP contribution in [0.3, 0.4) is 0 Å². The SMILES string of the molecule is O=C(Cn1c(C(F)(F)F)nc2ccccc21)Nc1ccc(OCC(F)(F)F)nc1. The van der Waals surface area contributed by atoms with E-state index in [4.69, 9.17) is 0 Å². The van der Waals surface area contributed by atoms with Gasteiger partial charge in [-0.15, -0.1) is 0 Å². The van der Waals surface area contributed by atoms with Gasteiger partial charge in [0.25, 0.3) is 0 Å². The van der Waals surface area contributed by atoms with E-state index in [0.29, 0.717) is 0 Å². The number of rotatable bonds is 5. The second-order valence-electron chi connectivity index (χ2n) is 5.85. The predicted octanol–water partition coefficient (Wildman–Crippen LogP) is 4.03. The molecule has 12 heteroatoms. The second kappa shape index (κ2) is 7.60. The molecule has 29 heavy (non-hydrogen) atoms.